The van der Waals surface area contributed by atoms with Crippen molar-refractivity contribution in [1.82, 2.24) is 15.5 Å². The maximum atomic E-state index is 13.3. The van der Waals surface area contributed by atoms with Crippen molar-refractivity contribution in [2.45, 2.75) is 51.6 Å². The highest BCUT2D eigenvalue weighted by atomic mass is 32.1. The number of rotatable bonds is 8. The molecule has 8 heteroatoms. The lowest BCUT2D eigenvalue weighted by molar-refractivity contribution is -0.141. The highest BCUT2D eigenvalue weighted by Gasteiger charge is 2.31. The molecule has 3 amide bonds. The third-order valence-electron chi connectivity index (χ3n) is 6.92. The third kappa shape index (κ3) is 6.29. The van der Waals surface area contributed by atoms with Crippen molar-refractivity contribution < 1.29 is 18.8 Å². The number of fused-ring (bicyclic) bond motifs is 1. The molecule has 1 aromatic heterocycles. The predicted molar refractivity (Wildman–Crippen MR) is 140 cm³/mol. The Labute approximate surface area is 214 Å². The van der Waals surface area contributed by atoms with Crippen molar-refractivity contribution in [1.29, 1.82) is 0 Å². The number of nitrogens with one attached hydrogen (secondary N) is 2. The summed E-state index contributed by atoms with van der Waals surface area (Å²) < 4.78 is 14.5. The van der Waals surface area contributed by atoms with Crippen LogP contribution < -0.4 is 10.6 Å². The highest BCUT2D eigenvalue weighted by molar-refractivity contribution is 7.19. The molecule has 6 nitrogen and oxygen atoms in total. The molecular formula is C28H32FN3O3S. The fraction of sp³-hybridized carbons (Fsp3) is 0.393. The molecule has 0 saturated heterocycles. The van der Waals surface area contributed by atoms with Gasteiger partial charge in [-0.05, 0) is 67.3 Å². The Morgan fingerprint density at radius 1 is 1.00 bits per heavy atom. The van der Waals surface area contributed by atoms with Crippen LogP contribution in [-0.4, -0.2) is 42.3 Å². The van der Waals surface area contributed by atoms with Crippen LogP contribution in [0.25, 0.3) is 10.1 Å². The van der Waals surface area contributed by atoms with Crippen LogP contribution >= 0.6 is 11.3 Å². The van der Waals surface area contributed by atoms with Crippen LogP contribution in [-0.2, 0) is 27.3 Å². The first-order valence-electron chi connectivity index (χ1n) is 12.3. The Hall–Kier alpha value is -3.26. The molecule has 0 atom stereocenters. The second-order valence-electron chi connectivity index (χ2n) is 9.43. The predicted octanol–water partition coefficient (Wildman–Crippen LogP) is 4.34. The standard InChI is InChI=1S/C28H32FN3O3S/c1-18-23-5-3-4-6-24(23)36-25(18)15-26(33)31-22-13-9-20(10-14-22)28(35)32(17-27(34)30-2)16-19-7-11-21(29)12-8-19/h3-8,11-12,20,22H,9-10,13-17H2,1-2H3,(H,30,34)(H,31,33). The van der Waals surface area contributed by atoms with E-state index in [1.165, 1.54) is 29.3 Å². The topological polar surface area (TPSA) is 78.5 Å². The molecule has 0 spiro atoms. The number of carbonyl (C=O) groups is 3. The van der Waals surface area contributed by atoms with Crippen molar-refractivity contribution in [3.05, 3.63) is 70.4 Å². The van der Waals surface area contributed by atoms with E-state index in [1.54, 1.807) is 28.4 Å². The Morgan fingerprint density at radius 2 is 1.69 bits per heavy atom. The smallest absolute Gasteiger partial charge is 0.239 e. The van der Waals surface area contributed by atoms with Crippen molar-refractivity contribution in [3.8, 4) is 0 Å². The van der Waals surface area contributed by atoms with Crippen LogP contribution in [0.3, 0.4) is 0 Å². The van der Waals surface area contributed by atoms with Crippen LogP contribution in [0.2, 0.25) is 0 Å². The van der Waals surface area contributed by atoms with Gasteiger partial charge in [0.05, 0.1) is 13.0 Å². The van der Waals surface area contributed by atoms with Crippen molar-refractivity contribution in [3.63, 3.8) is 0 Å². The minimum Gasteiger partial charge on any atom is -0.358 e. The molecule has 1 heterocycles. The zero-order valence-electron chi connectivity index (χ0n) is 20.7. The number of thiophene rings is 1. The zero-order chi connectivity index (χ0) is 25.7. The number of halogens is 1. The number of nitrogens with zero attached hydrogens (tertiary/aromatic N) is 1. The normalized spacial score (nSPS) is 17.5. The van der Waals surface area contributed by atoms with Gasteiger partial charge in [0, 0.05) is 35.1 Å². The summed E-state index contributed by atoms with van der Waals surface area (Å²) in [6.45, 7) is 2.27. The molecular weight excluding hydrogens is 477 g/mol. The van der Waals surface area contributed by atoms with Gasteiger partial charge in [0.25, 0.3) is 0 Å². The molecule has 0 bridgehead atoms. The van der Waals surface area contributed by atoms with E-state index in [-0.39, 0.29) is 48.6 Å². The molecule has 1 fully saturated rings. The van der Waals surface area contributed by atoms with E-state index in [0.717, 1.165) is 28.8 Å². The van der Waals surface area contributed by atoms with Crippen LogP contribution in [0.5, 0.6) is 0 Å². The van der Waals surface area contributed by atoms with Gasteiger partial charge >= 0.3 is 0 Å². The summed E-state index contributed by atoms with van der Waals surface area (Å²) >= 11 is 1.67. The lowest BCUT2D eigenvalue weighted by Crippen LogP contribution is -2.45. The van der Waals surface area contributed by atoms with Crippen molar-refractivity contribution >= 4 is 39.1 Å². The van der Waals surface area contributed by atoms with Gasteiger partial charge in [-0.15, -0.1) is 11.3 Å². The number of benzene rings is 2. The van der Waals surface area contributed by atoms with Gasteiger partial charge in [0.15, 0.2) is 0 Å². The zero-order valence-corrected chi connectivity index (χ0v) is 21.5. The summed E-state index contributed by atoms with van der Waals surface area (Å²) in [4.78, 5) is 40.7. The van der Waals surface area contributed by atoms with E-state index in [0.29, 0.717) is 19.3 Å². The molecule has 1 aliphatic carbocycles. The number of aryl methyl sites for hydroxylation is 1. The van der Waals surface area contributed by atoms with E-state index in [9.17, 15) is 18.8 Å². The summed E-state index contributed by atoms with van der Waals surface area (Å²) in [7, 11) is 1.54. The SMILES string of the molecule is CNC(=O)CN(Cc1ccc(F)cc1)C(=O)C1CCC(NC(=O)Cc2sc3ccccc3c2C)CC1. The molecule has 1 saturated carbocycles. The lowest BCUT2D eigenvalue weighted by Gasteiger charge is -2.32. The summed E-state index contributed by atoms with van der Waals surface area (Å²) in [6, 6.07) is 14.2. The van der Waals surface area contributed by atoms with E-state index in [1.807, 2.05) is 12.1 Å². The van der Waals surface area contributed by atoms with Crippen LogP contribution in [0.1, 0.15) is 41.7 Å². The second-order valence-corrected chi connectivity index (χ2v) is 10.6. The molecule has 3 aromatic rings. The maximum absolute atomic E-state index is 13.3. The molecule has 2 N–H and O–H groups in total. The monoisotopic (exact) mass is 509 g/mol. The van der Waals surface area contributed by atoms with E-state index >= 15 is 0 Å². The average molecular weight is 510 g/mol. The summed E-state index contributed by atoms with van der Waals surface area (Å²) in [5.41, 5.74) is 1.93. The highest BCUT2D eigenvalue weighted by Crippen LogP contribution is 2.31. The Bertz CT molecular complexity index is 1230. The fourth-order valence-corrected chi connectivity index (χ4v) is 6.04. The van der Waals surface area contributed by atoms with Gasteiger partial charge in [-0.2, -0.15) is 0 Å². The van der Waals surface area contributed by atoms with Gasteiger partial charge in [-0.25, -0.2) is 4.39 Å². The molecule has 4 rings (SSSR count). The van der Waals surface area contributed by atoms with Gasteiger partial charge < -0.3 is 15.5 Å². The minimum atomic E-state index is -0.342. The molecule has 190 valence electrons. The first kappa shape index (κ1) is 25.8. The van der Waals surface area contributed by atoms with E-state index in [4.69, 9.17) is 0 Å². The molecule has 36 heavy (non-hydrogen) atoms. The van der Waals surface area contributed by atoms with Crippen molar-refractivity contribution in [2.75, 3.05) is 13.6 Å². The molecule has 1 aliphatic rings. The average Bonchev–Trinajstić information content (AvgIpc) is 3.19. The van der Waals surface area contributed by atoms with Crippen LogP contribution in [0, 0.1) is 18.7 Å². The van der Waals surface area contributed by atoms with Gasteiger partial charge in [0.2, 0.25) is 17.7 Å². The Balaban J connectivity index is 1.32. The molecule has 2 aromatic carbocycles. The third-order valence-corrected chi connectivity index (χ3v) is 8.19. The first-order valence-corrected chi connectivity index (χ1v) is 13.2. The quantitative estimate of drug-likeness (QED) is 0.474. The van der Waals surface area contributed by atoms with Gasteiger partial charge in [-0.3, -0.25) is 14.4 Å². The largest absolute Gasteiger partial charge is 0.358 e. The first-order chi connectivity index (χ1) is 17.3. The van der Waals surface area contributed by atoms with Crippen LogP contribution in [0.4, 0.5) is 4.39 Å². The number of amides is 3. The summed E-state index contributed by atoms with van der Waals surface area (Å²) in [6.07, 6.45) is 3.11. The van der Waals surface area contributed by atoms with E-state index in [2.05, 4.69) is 29.7 Å². The van der Waals surface area contributed by atoms with E-state index < -0.39 is 0 Å². The molecule has 0 unspecified atom stereocenters. The molecule has 0 aliphatic heterocycles. The molecule has 0 radical (unpaired) electrons. The second kappa shape index (κ2) is 11.6. The Kier molecular flexibility index (Phi) is 8.36. The number of hydrogen-bond donors (Lipinski definition) is 2. The summed E-state index contributed by atoms with van der Waals surface area (Å²) in [5, 5.41) is 6.93. The van der Waals surface area contributed by atoms with Gasteiger partial charge in [0.1, 0.15) is 5.82 Å². The number of hydrogen-bond acceptors (Lipinski definition) is 4. The fourth-order valence-electron chi connectivity index (χ4n) is 4.84. The van der Waals surface area contributed by atoms with Crippen molar-refractivity contribution in [2.24, 2.45) is 5.92 Å². The lowest BCUT2D eigenvalue weighted by atomic mass is 9.85. The maximum Gasteiger partial charge on any atom is 0.239 e. The Morgan fingerprint density at radius 3 is 2.36 bits per heavy atom. The number of carbonyl (C=O) groups excluding carboxylic acids is 3. The van der Waals surface area contributed by atoms with Gasteiger partial charge in [-0.1, -0.05) is 30.3 Å². The van der Waals surface area contributed by atoms with Crippen LogP contribution in [0.15, 0.2) is 48.5 Å². The summed E-state index contributed by atoms with van der Waals surface area (Å²) in [5.74, 6) is -0.854. The number of likely N-dealkylation sites (N-methyl/N-ethyl adjacent to an activating group) is 1. The minimum absolute atomic E-state index is 0.0111.